The molecular weight excluding hydrogens is 584 g/mol. The molecule has 10 atom stereocenters. The van der Waals surface area contributed by atoms with Crippen LogP contribution >= 0.6 is 0 Å². The topological polar surface area (TPSA) is 119 Å². The Labute approximate surface area is 276 Å². The predicted octanol–water partition coefficient (Wildman–Crippen LogP) is 8.21. The molecule has 46 heavy (non-hydrogen) atoms. The number of carboxylic acids is 2. The smallest absolute Gasteiger partial charge is 0.310 e. The molecule has 0 heterocycles. The van der Waals surface area contributed by atoms with Gasteiger partial charge in [0.2, 0.25) is 0 Å². The zero-order chi connectivity index (χ0) is 32.0. The van der Waals surface area contributed by atoms with Gasteiger partial charge in [-0.3, -0.25) is 14.4 Å². The molecule has 6 aliphatic rings. The van der Waals surface area contributed by atoms with Crippen molar-refractivity contribution >= 4 is 17.9 Å². The normalized spacial score (nSPS) is 39.7. The SMILES string of the molecule is O=C(O)C1CC(C2CCCCC2)CCC1COOC1CCC(OC(=O)C2CCC(C3CCCCC3)CC2C(=O)O)C2CCCCC12. The maximum absolute atomic E-state index is 13.6. The van der Waals surface area contributed by atoms with E-state index in [0.717, 1.165) is 57.8 Å². The lowest BCUT2D eigenvalue weighted by atomic mass is 9.66. The molecule has 6 saturated carbocycles. The number of rotatable bonds is 10. The van der Waals surface area contributed by atoms with E-state index in [9.17, 15) is 24.6 Å². The lowest BCUT2D eigenvalue weighted by molar-refractivity contribution is -0.352. The summed E-state index contributed by atoms with van der Waals surface area (Å²) in [5.41, 5.74) is 0. The summed E-state index contributed by atoms with van der Waals surface area (Å²) in [4.78, 5) is 50.2. The van der Waals surface area contributed by atoms with E-state index in [2.05, 4.69) is 0 Å². The van der Waals surface area contributed by atoms with Crippen LogP contribution < -0.4 is 0 Å². The van der Waals surface area contributed by atoms with Crippen LogP contribution in [0.3, 0.4) is 0 Å². The third kappa shape index (κ3) is 8.13. The van der Waals surface area contributed by atoms with E-state index in [0.29, 0.717) is 49.5 Å². The first-order chi connectivity index (χ1) is 22.4. The van der Waals surface area contributed by atoms with E-state index < -0.39 is 23.8 Å². The Balaban J connectivity index is 0.998. The van der Waals surface area contributed by atoms with Gasteiger partial charge in [-0.05, 0) is 99.7 Å². The molecule has 6 rings (SSSR count). The summed E-state index contributed by atoms with van der Waals surface area (Å²) in [5, 5.41) is 20.2. The average Bonchev–Trinajstić information content (AvgIpc) is 3.09. The average molecular weight is 645 g/mol. The van der Waals surface area contributed by atoms with Gasteiger partial charge in [-0.1, -0.05) is 77.0 Å². The molecule has 0 aromatic rings. The zero-order valence-corrected chi connectivity index (χ0v) is 28.0. The highest BCUT2D eigenvalue weighted by Gasteiger charge is 2.47. The molecule has 0 saturated heterocycles. The molecule has 6 aliphatic carbocycles. The first-order valence-electron chi connectivity index (χ1n) is 19.3. The van der Waals surface area contributed by atoms with Crippen molar-refractivity contribution in [2.24, 2.45) is 59.2 Å². The number of hydrogen-bond acceptors (Lipinski definition) is 6. The lowest BCUT2D eigenvalue weighted by Gasteiger charge is -2.45. The highest BCUT2D eigenvalue weighted by Crippen LogP contribution is 2.47. The molecule has 6 fully saturated rings. The van der Waals surface area contributed by atoms with Crippen LogP contribution in [-0.2, 0) is 28.9 Å². The summed E-state index contributed by atoms with van der Waals surface area (Å²) in [5.74, 6) is -0.763. The van der Waals surface area contributed by atoms with Crippen LogP contribution in [0.4, 0.5) is 0 Å². The van der Waals surface area contributed by atoms with E-state index >= 15 is 0 Å². The summed E-state index contributed by atoms with van der Waals surface area (Å²) >= 11 is 0. The van der Waals surface area contributed by atoms with Crippen LogP contribution in [0.5, 0.6) is 0 Å². The van der Waals surface area contributed by atoms with Gasteiger partial charge in [-0.15, -0.1) is 0 Å². The molecule has 0 aromatic heterocycles. The number of carboxylic acid groups (broad SMARTS) is 2. The number of esters is 1. The molecule has 260 valence electrons. The molecule has 0 aromatic carbocycles. The maximum atomic E-state index is 13.6. The Bertz CT molecular complexity index is 1020. The van der Waals surface area contributed by atoms with Crippen molar-refractivity contribution < 1.29 is 39.1 Å². The monoisotopic (exact) mass is 644 g/mol. The zero-order valence-electron chi connectivity index (χ0n) is 28.0. The summed E-state index contributed by atoms with van der Waals surface area (Å²) < 4.78 is 6.25. The molecule has 0 bridgehead atoms. The first kappa shape index (κ1) is 34.2. The van der Waals surface area contributed by atoms with Crippen molar-refractivity contribution in [3.05, 3.63) is 0 Å². The summed E-state index contributed by atoms with van der Waals surface area (Å²) in [7, 11) is 0. The Kier molecular flexibility index (Phi) is 12.0. The number of fused-ring (bicyclic) bond motifs is 1. The van der Waals surface area contributed by atoms with Crippen LogP contribution in [0.25, 0.3) is 0 Å². The second-order valence-electron chi connectivity index (χ2n) is 16.3. The van der Waals surface area contributed by atoms with Gasteiger partial charge in [0.25, 0.3) is 0 Å². The van der Waals surface area contributed by atoms with E-state index in [1.807, 2.05) is 0 Å². The molecule has 8 heteroatoms. The number of aliphatic carboxylic acids is 2. The minimum atomic E-state index is -0.847. The lowest BCUT2D eigenvalue weighted by Crippen LogP contribution is -2.47. The van der Waals surface area contributed by atoms with Crippen molar-refractivity contribution in [2.45, 2.75) is 153 Å². The largest absolute Gasteiger partial charge is 0.481 e. The van der Waals surface area contributed by atoms with Gasteiger partial charge < -0.3 is 14.9 Å². The summed E-state index contributed by atoms with van der Waals surface area (Å²) in [6, 6.07) is 0. The maximum Gasteiger partial charge on any atom is 0.310 e. The Morgan fingerprint density at radius 1 is 0.500 bits per heavy atom. The van der Waals surface area contributed by atoms with Crippen LogP contribution in [-0.4, -0.2) is 46.9 Å². The van der Waals surface area contributed by atoms with Crippen molar-refractivity contribution in [1.29, 1.82) is 0 Å². The Hall–Kier alpha value is -1.67. The number of carbonyl (C=O) groups excluding carboxylic acids is 1. The van der Waals surface area contributed by atoms with Crippen molar-refractivity contribution in [1.82, 2.24) is 0 Å². The van der Waals surface area contributed by atoms with Gasteiger partial charge in [0.15, 0.2) is 0 Å². The fourth-order valence-corrected chi connectivity index (χ4v) is 11.2. The standard InChI is InChI=1S/C38H60O8/c39-36(40)32-21-26(24-9-3-1-4-10-24)15-16-28(32)23-44-46-35-20-19-34(29-13-7-8-14-30(29)35)45-38(43)31-18-17-27(22-33(31)37(41)42)25-11-5-2-6-12-25/h24-35H,1-23H2,(H,39,40)(H,41,42). The quantitative estimate of drug-likeness (QED) is 0.139. The Morgan fingerprint density at radius 3 is 1.63 bits per heavy atom. The third-order valence-electron chi connectivity index (χ3n) is 13.8. The summed E-state index contributed by atoms with van der Waals surface area (Å²) in [6.45, 7) is 0.320. The van der Waals surface area contributed by atoms with E-state index in [1.165, 1.54) is 64.2 Å². The second-order valence-corrected chi connectivity index (χ2v) is 16.3. The van der Waals surface area contributed by atoms with E-state index in [-0.39, 0.29) is 41.8 Å². The minimum absolute atomic E-state index is 0.0211. The Morgan fingerprint density at radius 2 is 1.02 bits per heavy atom. The molecular formula is C38H60O8. The highest BCUT2D eigenvalue weighted by molar-refractivity contribution is 5.81. The molecule has 0 radical (unpaired) electrons. The van der Waals surface area contributed by atoms with Crippen molar-refractivity contribution in [3.63, 3.8) is 0 Å². The predicted molar refractivity (Wildman–Crippen MR) is 172 cm³/mol. The van der Waals surface area contributed by atoms with Crippen LogP contribution in [0.15, 0.2) is 0 Å². The first-order valence-corrected chi connectivity index (χ1v) is 19.3. The van der Waals surface area contributed by atoms with E-state index in [1.54, 1.807) is 0 Å². The molecule has 0 spiro atoms. The highest BCUT2D eigenvalue weighted by atomic mass is 17.2. The van der Waals surface area contributed by atoms with Gasteiger partial charge in [0.1, 0.15) is 6.10 Å². The molecule has 10 unspecified atom stereocenters. The second kappa shape index (κ2) is 16.2. The fourth-order valence-electron chi connectivity index (χ4n) is 11.2. The number of hydrogen-bond donors (Lipinski definition) is 2. The van der Waals surface area contributed by atoms with Crippen LogP contribution in [0.2, 0.25) is 0 Å². The van der Waals surface area contributed by atoms with Crippen LogP contribution in [0.1, 0.15) is 141 Å². The number of ether oxygens (including phenoxy) is 1. The van der Waals surface area contributed by atoms with Gasteiger partial charge in [-0.25, -0.2) is 9.78 Å². The summed E-state index contributed by atoms with van der Waals surface area (Å²) in [6.07, 6.45) is 22.8. The van der Waals surface area contributed by atoms with Gasteiger partial charge in [-0.2, -0.15) is 0 Å². The van der Waals surface area contributed by atoms with Crippen LogP contribution in [0, 0.1) is 59.2 Å². The third-order valence-corrected chi connectivity index (χ3v) is 13.8. The molecule has 0 amide bonds. The minimum Gasteiger partial charge on any atom is -0.481 e. The van der Waals surface area contributed by atoms with Gasteiger partial charge in [0, 0.05) is 5.92 Å². The molecule has 0 aliphatic heterocycles. The van der Waals surface area contributed by atoms with E-state index in [4.69, 9.17) is 14.5 Å². The molecule has 2 N–H and O–H groups in total. The molecule has 8 nitrogen and oxygen atoms in total. The van der Waals surface area contributed by atoms with Crippen molar-refractivity contribution in [3.8, 4) is 0 Å². The van der Waals surface area contributed by atoms with Crippen molar-refractivity contribution in [2.75, 3.05) is 6.61 Å². The van der Waals surface area contributed by atoms with Gasteiger partial charge in [0.05, 0.1) is 30.5 Å². The number of carbonyl (C=O) groups is 3. The fraction of sp³-hybridized carbons (Fsp3) is 0.921. The van der Waals surface area contributed by atoms with Gasteiger partial charge >= 0.3 is 17.9 Å².